The summed E-state index contributed by atoms with van der Waals surface area (Å²) in [5, 5.41) is 5.58. The van der Waals surface area contributed by atoms with Crippen LogP contribution in [0.25, 0.3) is 0 Å². The first kappa shape index (κ1) is 31.1. The van der Waals surface area contributed by atoms with Gasteiger partial charge in [0.1, 0.15) is 23.4 Å². The van der Waals surface area contributed by atoms with Gasteiger partial charge in [-0.25, -0.2) is 4.39 Å². The molecule has 2 atom stereocenters. The van der Waals surface area contributed by atoms with E-state index >= 15 is 0 Å². The van der Waals surface area contributed by atoms with E-state index < -0.39 is 40.2 Å². The Kier molecular flexibility index (Phi) is 12.6. The van der Waals surface area contributed by atoms with E-state index in [1.54, 1.807) is 30.3 Å². The van der Waals surface area contributed by atoms with Crippen molar-refractivity contribution in [1.82, 2.24) is 10.2 Å². The first-order chi connectivity index (χ1) is 18.0. The number of amides is 3. The normalized spacial score (nSPS) is 12.7. The number of nitrogens with one attached hydrogen (secondary N) is 2. The molecule has 3 amide bonds. The molecule has 0 fully saturated rings. The number of nitrogens with zero attached hydrogens (tertiary/aromatic N) is 1. The second kappa shape index (κ2) is 15.4. The Morgan fingerprint density at radius 2 is 1.61 bits per heavy atom. The summed E-state index contributed by atoms with van der Waals surface area (Å²) in [5.41, 5.74) is 1.86. The van der Waals surface area contributed by atoms with Gasteiger partial charge in [0.05, 0.1) is 0 Å². The lowest BCUT2D eigenvalue weighted by molar-refractivity contribution is -0.140. The zero-order valence-electron chi connectivity index (χ0n) is 23.0. The fourth-order valence-electron chi connectivity index (χ4n) is 3.86. The maximum atomic E-state index is 14.5. The van der Waals surface area contributed by atoms with Crippen LogP contribution in [0.4, 0.5) is 10.1 Å². The molecule has 0 saturated carbocycles. The van der Waals surface area contributed by atoms with E-state index in [-0.39, 0.29) is 29.7 Å². The van der Waals surface area contributed by atoms with E-state index in [2.05, 4.69) is 24.5 Å². The van der Waals surface area contributed by atoms with Crippen molar-refractivity contribution in [3.8, 4) is 0 Å². The summed E-state index contributed by atoms with van der Waals surface area (Å²) >= 11 is 0. The van der Waals surface area contributed by atoms with Crippen LogP contribution in [-0.2, 0) is 31.7 Å². The lowest BCUT2D eigenvalue weighted by Gasteiger charge is -2.32. The SMILES string of the molecule is Cc1ccc(NC(=O)C[S@@](=O)CC(=O)N(Cc2ccccc2F)[C@@H](CC(C)C)C(=O)NCCC(C)C)cc1. The molecular formula is C29H40FN3O4S. The maximum Gasteiger partial charge on any atom is 0.242 e. The van der Waals surface area contributed by atoms with Crippen LogP contribution in [0.3, 0.4) is 0 Å². The monoisotopic (exact) mass is 545 g/mol. The third-order valence-electron chi connectivity index (χ3n) is 5.93. The molecule has 0 heterocycles. The van der Waals surface area contributed by atoms with Crippen molar-refractivity contribution in [2.24, 2.45) is 11.8 Å². The van der Waals surface area contributed by atoms with Crippen molar-refractivity contribution in [1.29, 1.82) is 0 Å². The average molecular weight is 546 g/mol. The van der Waals surface area contributed by atoms with E-state index in [9.17, 15) is 23.0 Å². The highest BCUT2D eigenvalue weighted by atomic mass is 32.2. The van der Waals surface area contributed by atoms with Gasteiger partial charge < -0.3 is 15.5 Å². The number of carbonyl (C=O) groups is 3. The number of benzene rings is 2. The van der Waals surface area contributed by atoms with Crippen LogP contribution in [0.15, 0.2) is 48.5 Å². The Morgan fingerprint density at radius 1 is 0.947 bits per heavy atom. The van der Waals surface area contributed by atoms with Gasteiger partial charge in [0.2, 0.25) is 17.7 Å². The fourth-order valence-corrected chi connectivity index (χ4v) is 4.77. The summed E-state index contributed by atoms with van der Waals surface area (Å²) in [5.74, 6) is -2.24. The number of rotatable bonds is 14. The topological polar surface area (TPSA) is 95.6 Å². The second-order valence-electron chi connectivity index (χ2n) is 10.4. The van der Waals surface area contributed by atoms with Gasteiger partial charge in [0.15, 0.2) is 0 Å². The lowest BCUT2D eigenvalue weighted by Crippen LogP contribution is -2.51. The summed E-state index contributed by atoms with van der Waals surface area (Å²) in [6, 6.07) is 12.4. The van der Waals surface area contributed by atoms with Crippen LogP contribution in [0, 0.1) is 24.6 Å². The van der Waals surface area contributed by atoms with Crippen LogP contribution >= 0.6 is 0 Å². The van der Waals surface area contributed by atoms with Gasteiger partial charge in [0, 0.05) is 35.1 Å². The summed E-state index contributed by atoms with van der Waals surface area (Å²) in [7, 11) is -1.82. The maximum absolute atomic E-state index is 14.5. The van der Waals surface area contributed by atoms with Gasteiger partial charge in [-0.1, -0.05) is 63.6 Å². The minimum atomic E-state index is -1.82. The Balaban J connectivity index is 2.20. The summed E-state index contributed by atoms with van der Waals surface area (Å²) < 4.78 is 27.4. The predicted molar refractivity (Wildman–Crippen MR) is 150 cm³/mol. The molecule has 9 heteroatoms. The standard InChI is InChI=1S/C29H40FN3O4S/c1-20(2)14-15-31-29(36)26(16-21(3)4)33(17-23-8-6-7-9-25(23)30)28(35)19-38(37)18-27(34)32-24-12-10-22(5)11-13-24/h6-13,20-21,26H,14-19H2,1-5H3,(H,31,36)(H,32,34)/t26-,38+/m0/s1. The Hall–Kier alpha value is -3.07. The highest BCUT2D eigenvalue weighted by Crippen LogP contribution is 2.19. The molecule has 208 valence electrons. The molecule has 0 radical (unpaired) electrons. The molecule has 2 rings (SSSR count). The summed E-state index contributed by atoms with van der Waals surface area (Å²) in [6.45, 7) is 10.2. The highest BCUT2D eigenvalue weighted by Gasteiger charge is 2.32. The molecule has 0 spiro atoms. The second-order valence-corrected chi connectivity index (χ2v) is 11.8. The average Bonchev–Trinajstić information content (AvgIpc) is 2.83. The van der Waals surface area contributed by atoms with Crippen molar-refractivity contribution in [3.63, 3.8) is 0 Å². The largest absolute Gasteiger partial charge is 0.354 e. The van der Waals surface area contributed by atoms with E-state index in [0.717, 1.165) is 12.0 Å². The smallest absolute Gasteiger partial charge is 0.242 e. The minimum Gasteiger partial charge on any atom is -0.354 e. The third-order valence-corrected chi connectivity index (χ3v) is 7.08. The summed E-state index contributed by atoms with van der Waals surface area (Å²) in [6.07, 6.45) is 1.13. The Labute approximate surface area is 228 Å². The molecule has 7 nitrogen and oxygen atoms in total. The van der Waals surface area contributed by atoms with Crippen molar-refractivity contribution < 1.29 is 23.0 Å². The van der Waals surface area contributed by atoms with Gasteiger partial charge in [-0.3, -0.25) is 18.6 Å². The van der Waals surface area contributed by atoms with Crippen molar-refractivity contribution in [2.45, 2.75) is 60.0 Å². The number of aryl methyl sites for hydroxylation is 1. The third kappa shape index (κ3) is 10.7. The first-order valence-corrected chi connectivity index (χ1v) is 14.5. The number of hydrogen-bond donors (Lipinski definition) is 2. The molecule has 2 N–H and O–H groups in total. The van der Waals surface area contributed by atoms with E-state index in [0.29, 0.717) is 24.6 Å². The zero-order valence-corrected chi connectivity index (χ0v) is 23.8. The highest BCUT2D eigenvalue weighted by molar-refractivity contribution is 7.86. The van der Waals surface area contributed by atoms with Crippen LogP contribution < -0.4 is 10.6 Å². The van der Waals surface area contributed by atoms with Gasteiger partial charge >= 0.3 is 0 Å². The lowest BCUT2D eigenvalue weighted by atomic mass is 10.00. The molecule has 0 aliphatic heterocycles. The quantitative estimate of drug-likeness (QED) is 0.367. The van der Waals surface area contributed by atoms with Gasteiger partial charge in [-0.15, -0.1) is 0 Å². The molecule has 2 aromatic carbocycles. The predicted octanol–water partition coefficient (Wildman–Crippen LogP) is 4.43. The fraction of sp³-hybridized carbons (Fsp3) is 0.483. The molecule has 38 heavy (non-hydrogen) atoms. The molecular weight excluding hydrogens is 505 g/mol. The van der Waals surface area contributed by atoms with E-state index in [4.69, 9.17) is 0 Å². The van der Waals surface area contributed by atoms with Gasteiger partial charge in [-0.05, 0) is 49.8 Å². The van der Waals surface area contributed by atoms with E-state index in [1.807, 2.05) is 32.9 Å². The van der Waals surface area contributed by atoms with Crippen LogP contribution in [0.1, 0.15) is 51.7 Å². The summed E-state index contributed by atoms with van der Waals surface area (Å²) in [4.78, 5) is 40.4. The molecule has 0 saturated heterocycles. The minimum absolute atomic E-state index is 0.0672. The van der Waals surface area contributed by atoms with Crippen LogP contribution in [-0.4, -0.2) is 50.9 Å². The number of halogens is 1. The van der Waals surface area contributed by atoms with Crippen molar-refractivity contribution >= 4 is 34.2 Å². The Morgan fingerprint density at radius 3 is 2.21 bits per heavy atom. The Bertz CT molecular complexity index is 1110. The number of hydrogen-bond acceptors (Lipinski definition) is 4. The molecule has 0 aliphatic rings. The molecule has 0 unspecified atom stereocenters. The first-order valence-electron chi connectivity index (χ1n) is 13.0. The van der Waals surface area contributed by atoms with E-state index in [1.165, 1.54) is 11.0 Å². The van der Waals surface area contributed by atoms with Crippen LogP contribution in [0.2, 0.25) is 0 Å². The zero-order chi connectivity index (χ0) is 28.2. The molecule has 0 aromatic heterocycles. The van der Waals surface area contributed by atoms with Crippen LogP contribution in [0.5, 0.6) is 0 Å². The molecule has 0 aliphatic carbocycles. The van der Waals surface area contributed by atoms with Crippen molar-refractivity contribution in [3.05, 3.63) is 65.5 Å². The van der Waals surface area contributed by atoms with Gasteiger partial charge in [-0.2, -0.15) is 0 Å². The number of carbonyl (C=O) groups excluding carboxylic acids is 3. The molecule has 0 bridgehead atoms. The molecule has 2 aromatic rings. The van der Waals surface area contributed by atoms with Gasteiger partial charge in [0.25, 0.3) is 0 Å². The number of anilines is 1. The van der Waals surface area contributed by atoms with Crippen molar-refractivity contribution in [2.75, 3.05) is 23.4 Å².